The van der Waals surface area contributed by atoms with E-state index >= 15 is 0 Å². The Labute approximate surface area is 219 Å². The van der Waals surface area contributed by atoms with E-state index in [0.29, 0.717) is 22.2 Å². The van der Waals surface area contributed by atoms with E-state index in [-0.39, 0.29) is 11.1 Å². The van der Waals surface area contributed by atoms with Gasteiger partial charge >= 0.3 is 0 Å². The number of hydrogen-bond acceptors (Lipinski definition) is 4. The predicted octanol–water partition coefficient (Wildman–Crippen LogP) is 7.57. The number of carbonyl (C=O) groups excluding carboxylic acids is 2. The van der Waals surface area contributed by atoms with Gasteiger partial charge in [-0.2, -0.15) is 0 Å². The molecule has 0 atom stereocenters. The molecule has 4 aromatic rings. The van der Waals surface area contributed by atoms with Gasteiger partial charge in [-0.15, -0.1) is 0 Å². The number of para-hydroxylation sites is 1. The molecule has 0 bridgehead atoms. The van der Waals surface area contributed by atoms with Crippen LogP contribution in [0.4, 0.5) is 10.5 Å². The molecule has 1 aliphatic heterocycles. The van der Waals surface area contributed by atoms with Crippen LogP contribution in [0, 0.1) is 13.8 Å². The molecular weight excluding hydrogens is 492 g/mol. The van der Waals surface area contributed by atoms with Crippen LogP contribution in [0.25, 0.3) is 11.8 Å². The Kier molecular flexibility index (Phi) is 6.72. The van der Waals surface area contributed by atoms with Gasteiger partial charge in [-0.3, -0.25) is 9.59 Å². The van der Waals surface area contributed by atoms with E-state index < -0.39 is 0 Å². The molecule has 1 aliphatic rings. The van der Waals surface area contributed by atoms with Crippen LogP contribution in [-0.2, 0) is 11.4 Å². The number of amides is 2. The summed E-state index contributed by atoms with van der Waals surface area (Å²) in [4.78, 5) is 27.2. The molecule has 5 rings (SSSR count). The van der Waals surface area contributed by atoms with Crippen molar-refractivity contribution in [2.75, 3.05) is 4.90 Å². The smallest absolute Gasteiger partial charge is 0.298 e. The van der Waals surface area contributed by atoms with Crippen LogP contribution in [-0.4, -0.2) is 15.7 Å². The third-order valence-electron chi connectivity index (χ3n) is 6.01. The van der Waals surface area contributed by atoms with E-state index in [4.69, 9.17) is 16.3 Å². The van der Waals surface area contributed by atoms with Gasteiger partial charge in [-0.1, -0.05) is 48.0 Å². The Morgan fingerprint density at radius 3 is 2.31 bits per heavy atom. The van der Waals surface area contributed by atoms with E-state index in [9.17, 15) is 9.59 Å². The second-order valence-electron chi connectivity index (χ2n) is 8.39. The van der Waals surface area contributed by atoms with Crippen molar-refractivity contribution in [1.82, 2.24) is 4.57 Å². The highest BCUT2D eigenvalue weighted by atomic mass is 35.5. The molecule has 3 aromatic carbocycles. The molecule has 1 saturated heterocycles. The molecule has 1 aromatic heterocycles. The maximum atomic E-state index is 13.0. The van der Waals surface area contributed by atoms with Crippen LogP contribution < -0.4 is 9.64 Å². The predicted molar refractivity (Wildman–Crippen MR) is 146 cm³/mol. The third kappa shape index (κ3) is 4.70. The third-order valence-corrected chi connectivity index (χ3v) is 7.25. The molecule has 0 saturated carbocycles. The molecular formula is C29H23ClN2O3S. The van der Waals surface area contributed by atoms with Gasteiger partial charge in [0.1, 0.15) is 12.4 Å². The molecule has 0 aliphatic carbocycles. The maximum absolute atomic E-state index is 13.0. The number of anilines is 1. The first-order valence-corrected chi connectivity index (χ1v) is 12.6. The number of hydrogen-bond donors (Lipinski definition) is 0. The second-order valence-corrected chi connectivity index (χ2v) is 9.79. The molecule has 2 heterocycles. The molecule has 0 N–H and O–H groups in total. The molecule has 0 unspecified atom stereocenters. The first kappa shape index (κ1) is 24.0. The summed E-state index contributed by atoms with van der Waals surface area (Å²) in [5.41, 5.74) is 5.37. The van der Waals surface area contributed by atoms with Crippen molar-refractivity contribution >= 4 is 46.3 Å². The highest BCUT2D eigenvalue weighted by Gasteiger charge is 2.36. The van der Waals surface area contributed by atoms with E-state index in [1.807, 2.05) is 86.6 Å². The molecule has 36 heavy (non-hydrogen) atoms. The minimum Gasteiger partial charge on any atom is -0.489 e. The first-order valence-electron chi connectivity index (χ1n) is 11.4. The van der Waals surface area contributed by atoms with Gasteiger partial charge in [0.25, 0.3) is 11.1 Å². The number of carbonyl (C=O) groups is 2. The monoisotopic (exact) mass is 514 g/mol. The van der Waals surface area contributed by atoms with Gasteiger partial charge in [0, 0.05) is 27.7 Å². The van der Waals surface area contributed by atoms with Gasteiger partial charge in [-0.05, 0) is 85.8 Å². The molecule has 0 radical (unpaired) electrons. The molecule has 0 spiro atoms. The van der Waals surface area contributed by atoms with Gasteiger partial charge in [0.2, 0.25) is 0 Å². The number of imide groups is 1. The molecule has 1 fully saturated rings. The van der Waals surface area contributed by atoms with Crippen molar-refractivity contribution in [1.29, 1.82) is 0 Å². The van der Waals surface area contributed by atoms with Gasteiger partial charge < -0.3 is 9.30 Å². The topological polar surface area (TPSA) is 51.5 Å². The average molecular weight is 515 g/mol. The minimum absolute atomic E-state index is 0.293. The number of ether oxygens (including phenoxy) is 1. The molecule has 7 heteroatoms. The van der Waals surface area contributed by atoms with Crippen LogP contribution in [0.15, 0.2) is 89.8 Å². The molecule has 180 valence electrons. The minimum atomic E-state index is -0.305. The number of aromatic nitrogens is 1. The summed E-state index contributed by atoms with van der Waals surface area (Å²) in [7, 11) is 0. The van der Waals surface area contributed by atoms with Crippen molar-refractivity contribution in [2.45, 2.75) is 20.5 Å². The summed E-state index contributed by atoms with van der Waals surface area (Å²) in [5.74, 6) is 0.442. The summed E-state index contributed by atoms with van der Waals surface area (Å²) in [6.45, 7) is 4.41. The molecule has 5 nitrogen and oxygen atoms in total. The van der Waals surface area contributed by atoms with E-state index in [1.165, 1.54) is 4.90 Å². The highest BCUT2D eigenvalue weighted by molar-refractivity contribution is 8.19. The highest BCUT2D eigenvalue weighted by Crippen LogP contribution is 2.36. The normalized spacial score (nSPS) is 14.6. The Bertz CT molecular complexity index is 1480. The number of benzene rings is 3. The van der Waals surface area contributed by atoms with E-state index in [0.717, 1.165) is 45.7 Å². The zero-order valence-corrected chi connectivity index (χ0v) is 21.3. The fourth-order valence-electron chi connectivity index (χ4n) is 4.21. The van der Waals surface area contributed by atoms with Crippen molar-refractivity contribution in [3.05, 3.63) is 117 Å². The van der Waals surface area contributed by atoms with Crippen molar-refractivity contribution in [3.63, 3.8) is 0 Å². The zero-order chi connectivity index (χ0) is 25.2. The fraction of sp³-hybridized carbons (Fsp3) is 0.103. The molecule has 2 amide bonds. The Morgan fingerprint density at radius 1 is 0.889 bits per heavy atom. The lowest BCUT2D eigenvalue weighted by molar-refractivity contribution is -0.113. The summed E-state index contributed by atoms with van der Waals surface area (Å²) >= 11 is 7.18. The second kappa shape index (κ2) is 10.1. The van der Waals surface area contributed by atoms with Gasteiger partial charge in [0.15, 0.2) is 0 Å². The maximum Gasteiger partial charge on any atom is 0.298 e. The van der Waals surface area contributed by atoms with Crippen molar-refractivity contribution in [2.24, 2.45) is 0 Å². The van der Waals surface area contributed by atoms with Crippen LogP contribution in [0.3, 0.4) is 0 Å². The SMILES string of the molecule is Cc1cc(C=C2SC(=O)N(c3ccccc3)C2=O)c(C)n1-c1ccc(OCc2ccccc2Cl)cc1. The number of thioether (sulfide) groups is 1. The summed E-state index contributed by atoms with van der Waals surface area (Å²) in [6.07, 6.45) is 1.80. The quantitative estimate of drug-likeness (QED) is 0.249. The Balaban J connectivity index is 1.36. The van der Waals surface area contributed by atoms with Crippen molar-refractivity contribution < 1.29 is 14.3 Å². The lowest BCUT2D eigenvalue weighted by Crippen LogP contribution is -2.27. The lowest BCUT2D eigenvalue weighted by Gasteiger charge is -2.12. The first-order chi connectivity index (χ1) is 17.4. The lowest BCUT2D eigenvalue weighted by atomic mass is 10.2. The Morgan fingerprint density at radius 2 is 1.58 bits per heavy atom. The number of rotatable bonds is 6. The van der Waals surface area contributed by atoms with Crippen LogP contribution in [0.1, 0.15) is 22.5 Å². The summed E-state index contributed by atoms with van der Waals surface area (Å²) < 4.78 is 8.02. The van der Waals surface area contributed by atoms with Crippen LogP contribution >= 0.6 is 23.4 Å². The van der Waals surface area contributed by atoms with Gasteiger partial charge in [0.05, 0.1) is 10.6 Å². The average Bonchev–Trinajstić information content (AvgIpc) is 3.32. The van der Waals surface area contributed by atoms with E-state index in [1.54, 1.807) is 18.2 Å². The van der Waals surface area contributed by atoms with Crippen LogP contribution in [0.2, 0.25) is 5.02 Å². The number of aryl methyl sites for hydroxylation is 1. The van der Waals surface area contributed by atoms with Gasteiger partial charge in [-0.25, -0.2) is 4.90 Å². The number of nitrogens with zero attached hydrogens (tertiary/aromatic N) is 2. The summed E-state index contributed by atoms with van der Waals surface area (Å²) in [6, 6.07) is 26.5. The fourth-order valence-corrected chi connectivity index (χ4v) is 5.23. The van der Waals surface area contributed by atoms with E-state index in [2.05, 4.69) is 4.57 Å². The van der Waals surface area contributed by atoms with Crippen molar-refractivity contribution in [3.8, 4) is 11.4 Å². The standard InChI is InChI=1S/C29H23ClN2O3S/c1-19-16-22(17-27-28(33)32(29(34)36-27)23-9-4-3-5-10-23)20(2)31(19)24-12-14-25(15-13-24)35-18-21-8-6-7-11-26(21)30/h3-17H,18H2,1-2H3. The zero-order valence-electron chi connectivity index (χ0n) is 19.8. The summed E-state index contributed by atoms with van der Waals surface area (Å²) in [5, 5.41) is 0.389. The van der Waals surface area contributed by atoms with Crippen LogP contribution in [0.5, 0.6) is 5.75 Å². The Hall–Kier alpha value is -3.74. The largest absolute Gasteiger partial charge is 0.489 e. The number of halogens is 1.